The number of hydrogen-bond donors (Lipinski definition) is 2. The zero-order chi connectivity index (χ0) is 15.1. The number of ether oxygens (including phenoxy) is 1. The Morgan fingerprint density at radius 3 is 3.00 bits per heavy atom. The van der Waals surface area contributed by atoms with Gasteiger partial charge in [0.15, 0.2) is 0 Å². The van der Waals surface area contributed by atoms with Crippen molar-refractivity contribution < 1.29 is 9.53 Å². The highest BCUT2D eigenvalue weighted by Crippen LogP contribution is 2.30. The average molecular weight is 322 g/mol. The first-order chi connectivity index (χ1) is 10.2. The lowest BCUT2D eigenvalue weighted by molar-refractivity contribution is -0.118. The third-order valence-electron chi connectivity index (χ3n) is 2.82. The lowest BCUT2D eigenvalue weighted by Crippen LogP contribution is -2.27. The minimum atomic E-state index is 0.0236. The summed E-state index contributed by atoms with van der Waals surface area (Å²) in [7, 11) is 1.60. The van der Waals surface area contributed by atoms with Crippen LogP contribution in [0.1, 0.15) is 4.88 Å². The summed E-state index contributed by atoms with van der Waals surface area (Å²) in [6.07, 6.45) is 0.874. The van der Waals surface area contributed by atoms with Crippen LogP contribution in [-0.2, 0) is 11.2 Å². The van der Waals surface area contributed by atoms with Crippen molar-refractivity contribution in [1.82, 2.24) is 5.32 Å². The van der Waals surface area contributed by atoms with Crippen molar-refractivity contribution in [2.75, 3.05) is 25.1 Å². The van der Waals surface area contributed by atoms with Gasteiger partial charge in [0.2, 0.25) is 5.91 Å². The summed E-state index contributed by atoms with van der Waals surface area (Å²) in [5.41, 5.74) is 6.35. The lowest BCUT2D eigenvalue weighted by Gasteiger charge is -2.09. The first-order valence-electron chi connectivity index (χ1n) is 6.54. The van der Waals surface area contributed by atoms with E-state index in [1.165, 1.54) is 16.6 Å². The van der Waals surface area contributed by atoms with E-state index in [9.17, 15) is 4.79 Å². The van der Waals surface area contributed by atoms with Gasteiger partial charge < -0.3 is 15.8 Å². The molecule has 3 N–H and O–H groups in total. The number of amides is 1. The maximum Gasteiger partial charge on any atom is 0.230 e. The summed E-state index contributed by atoms with van der Waals surface area (Å²) in [5.74, 6) is 1.09. The van der Waals surface area contributed by atoms with Gasteiger partial charge in [0, 0.05) is 28.1 Å². The fourth-order valence-corrected chi connectivity index (χ4v) is 3.32. The second-order valence-electron chi connectivity index (χ2n) is 4.38. The van der Waals surface area contributed by atoms with Crippen molar-refractivity contribution in [3.63, 3.8) is 0 Å². The molecule has 0 aliphatic carbocycles. The van der Waals surface area contributed by atoms with Gasteiger partial charge in [-0.1, -0.05) is 6.07 Å². The number of carbonyl (C=O) groups is 1. The maximum atomic E-state index is 11.8. The number of thioether (sulfide) groups is 1. The molecule has 1 amide bonds. The van der Waals surface area contributed by atoms with Gasteiger partial charge in [-0.25, -0.2) is 0 Å². The van der Waals surface area contributed by atoms with Crippen molar-refractivity contribution >= 4 is 34.7 Å². The number of anilines is 1. The molecule has 0 aliphatic rings. The maximum absolute atomic E-state index is 11.8. The fourth-order valence-electron chi connectivity index (χ4n) is 1.78. The number of methoxy groups -OCH3 is 1. The topological polar surface area (TPSA) is 64.3 Å². The van der Waals surface area contributed by atoms with Crippen LogP contribution in [0.25, 0.3) is 0 Å². The van der Waals surface area contributed by atoms with Crippen molar-refractivity contribution in [3.8, 4) is 5.75 Å². The Morgan fingerprint density at radius 2 is 2.29 bits per heavy atom. The molecule has 0 saturated heterocycles. The largest absolute Gasteiger partial charge is 0.496 e. The number of carbonyl (C=O) groups excluding carboxylic acids is 1. The van der Waals surface area contributed by atoms with Gasteiger partial charge in [0.05, 0.1) is 12.9 Å². The van der Waals surface area contributed by atoms with Crippen LogP contribution in [0.15, 0.2) is 40.6 Å². The zero-order valence-electron chi connectivity index (χ0n) is 11.8. The molecule has 0 atom stereocenters. The van der Waals surface area contributed by atoms with Crippen molar-refractivity contribution in [2.24, 2.45) is 0 Å². The molecule has 0 unspecified atom stereocenters. The molecule has 2 rings (SSSR count). The first kappa shape index (κ1) is 15.7. The molecule has 0 bridgehead atoms. The summed E-state index contributed by atoms with van der Waals surface area (Å²) >= 11 is 3.15. The third kappa shape index (κ3) is 4.99. The number of thiophene rings is 1. The number of hydrogen-bond acceptors (Lipinski definition) is 5. The fraction of sp³-hybridized carbons (Fsp3) is 0.267. The Kier molecular flexibility index (Phi) is 5.95. The SMILES string of the molecule is COc1cc(N)ccc1SCC(=O)NCCc1cccs1. The van der Waals surface area contributed by atoms with Gasteiger partial charge in [0.25, 0.3) is 0 Å². The van der Waals surface area contributed by atoms with Crippen LogP contribution >= 0.6 is 23.1 Å². The minimum Gasteiger partial charge on any atom is -0.496 e. The van der Waals surface area contributed by atoms with E-state index in [2.05, 4.69) is 11.4 Å². The highest BCUT2D eigenvalue weighted by atomic mass is 32.2. The predicted molar refractivity (Wildman–Crippen MR) is 89.2 cm³/mol. The molecule has 0 spiro atoms. The van der Waals surface area contributed by atoms with E-state index in [1.807, 2.05) is 17.5 Å². The normalized spacial score (nSPS) is 10.3. The number of nitrogen functional groups attached to an aromatic ring is 1. The van der Waals surface area contributed by atoms with Crippen LogP contribution in [0.3, 0.4) is 0 Å². The average Bonchev–Trinajstić information content (AvgIpc) is 2.99. The van der Waals surface area contributed by atoms with E-state index in [1.54, 1.807) is 30.6 Å². The van der Waals surface area contributed by atoms with Crippen LogP contribution in [0, 0.1) is 0 Å². The Balaban J connectivity index is 1.76. The van der Waals surface area contributed by atoms with E-state index >= 15 is 0 Å². The van der Waals surface area contributed by atoms with E-state index in [0.29, 0.717) is 23.7 Å². The monoisotopic (exact) mass is 322 g/mol. The molecule has 6 heteroatoms. The second-order valence-corrected chi connectivity index (χ2v) is 6.43. The van der Waals surface area contributed by atoms with Gasteiger partial charge >= 0.3 is 0 Å². The zero-order valence-corrected chi connectivity index (χ0v) is 13.4. The highest BCUT2D eigenvalue weighted by molar-refractivity contribution is 8.00. The molecule has 0 aliphatic heterocycles. The Hall–Kier alpha value is -1.66. The Morgan fingerprint density at radius 1 is 1.43 bits per heavy atom. The van der Waals surface area contributed by atoms with Gasteiger partial charge in [0.1, 0.15) is 5.75 Å². The lowest BCUT2D eigenvalue weighted by atomic mass is 10.3. The molecule has 21 heavy (non-hydrogen) atoms. The standard InChI is InChI=1S/C15H18N2O2S2/c1-19-13-9-11(16)4-5-14(13)21-10-15(18)17-7-6-12-3-2-8-20-12/h2-5,8-9H,6-7,10,16H2,1H3,(H,17,18). The Labute approximate surface area is 132 Å². The van der Waals surface area contributed by atoms with Gasteiger partial charge in [-0.3, -0.25) is 4.79 Å². The molecule has 0 radical (unpaired) electrons. The van der Waals surface area contributed by atoms with Gasteiger partial charge in [-0.15, -0.1) is 23.1 Å². The predicted octanol–water partition coefficient (Wildman–Crippen LogP) is 2.79. The van der Waals surface area contributed by atoms with E-state index in [-0.39, 0.29) is 5.91 Å². The van der Waals surface area contributed by atoms with Crippen molar-refractivity contribution in [3.05, 3.63) is 40.6 Å². The van der Waals surface area contributed by atoms with Crippen LogP contribution in [-0.4, -0.2) is 25.3 Å². The highest BCUT2D eigenvalue weighted by Gasteiger charge is 2.07. The summed E-state index contributed by atoms with van der Waals surface area (Å²) in [4.78, 5) is 14.0. The smallest absolute Gasteiger partial charge is 0.230 e. The molecule has 2 aromatic rings. The van der Waals surface area contributed by atoms with Crippen LogP contribution < -0.4 is 15.8 Å². The van der Waals surface area contributed by atoms with Gasteiger partial charge in [-0.2, -0.15) is 0 Å². The van der Waals surface area contributed by atoms with E-state index in [0.717, 1.165) is 11.3 Å². The summed E-state index contributed by atoms with van der Waals surface area (Å²) < 4.78 is 5.26. The van der Waals surface area contributed by atoms with Gasteiger partial charge in [-0.05, 0) is 30.0 Å². The Bertz CT molecular complexity index is 585. The van der Waals surface area contributed by atoms with Crippen LogP contribution in [0.2, 0.25) is 0 Å². The van der Waals surface area contributed by atoms with E-state index < -0.39 is 0 Å². The first-order valence-corrected chi connectivity index (χ1v) is 8.41. The molecule has 4 nitrogen and oxygen atoms in total. The molecule has 0 saturated carbocycles. The number of nitrogens with one attached hydrogen (secondary N) is 1. The quantitative estimate of drug-likeness (QED) is 0.608. The minimum absolute atomic E-state index is 0.0236. The molecule has 0 fully saturated rings. The third-order valence-corrected chi connectivity index (χ3v) is 4.81. The number of nitrogens with two attached hydrogens (primary N) is 1. The molecule has 1 aromatic carbocycles. The molecular weight excluding hydrogens is 304 g/mol. The summed E-state index contributed by atoms with van der Waals surface area (Å²) in [5, 5.41) is 4.96. The molecule has 112 valence electrons. The molecule has 1 heterocycles. The van der Waals surface area contributed by atoms with Crippen LogP contribution in [0.5, 0.6) is 5.75 Å². The number of rotatable bonds is 7. The summed E-state index contributed by atoms with van der Waals surface area (Å²) in [6, 6.07) is 9.53. The van der Waals surface area contributed by atoms with Crippen molar-refractivity contribution in [1.29, 1.82) is 0 Å². The number of benzene rings is 1. The van der Waals surface area contributed by atoms with E-state index in [4.69, 9.17) is 10.5 Å². The second kappa shape index (κ2) is 7.95. The molecular formula is C15H18N2O2S2. The molecule has 1 aromatic heterocycles. The van der Waals surface area contributed by atoms with Crippen LogP contribution in [0.4, 0.5) is 5.69 Å². The van der Waals surface area contributed by atoms with Crippen molar-refractivity contribution in [2.45, 2.75) is 11.3 Å². The summed E-state index contributed by atoms with van der Waals surface area (Å²) in [6.45, 7) is 0.665.